The van der Waals surface area contributed by atoms with E-state index in [1.54, 1.807) is 37.3 Å². The van der Waals surface area contributed by atoms with E-state index < -0.39 is 6.10 Å². The molecule has 1 N–H and O–H groups in total. The summed E-state index contributed by atoms with van der Waals surface area (Å²) in [4.78, 5) is 12.4. The van der Waals surface area contributed by atoms with Gasteiger partial charge in [0.25, 0.3) is 5.91 Å². The van der Waals surface area contributed by atoms with Gasteiger partial charge in [-0.1, -0.05) is 34.8 Å². The van der Waals surface area contributed by atoms with Crippen molar-refractivity contribution >= 4 is 46.4 Å². The molecule has 128 valence electrons. The van der Waals surface area contributed by atoms with Crippen LogP contribution in [0.3, 0.4) is 0 Å². The lowest BCUT2D eigenvalue weighted by Gasteiger charge is -2.17. The first kappa shape index (κ1) is 18.7. The number of methoxy groups -OCH3 is 1. The number of benzene rings is 2. The maximum Gasteiger partial charge on any atom is 0.265 e. The van der Waals surface area contributed by atoms with E-state index in [0.717, 1.165) is 5.56 Å². The van der Waals surface area contributed by atoms with Crippen LogP contribution in [0.15, 0.2) is 30.3 Å². The fourth-order valence-corrected chi connectivity index (χ4v) is 2.59. The van der Waals surface area contributed by atoms with Crippen LogP contribution in [0.2, 0.25) is 15.1 Å². The van der Waals surface area contributed by atoms with E-state index in [1.165, 1.54) is 7.11 Å². The van der Waals surface area contributed by atoms with E-state index in [1.807, 2.05) is 6.92 Å². The number of hydrogen-bond donors (Lipinski definition) is 1. The minimum absolute atomic E-state index is 0.335. The minimum Gasteiger partial charge on any atom is -0.495 e. The molecule has 0 heterocycles. The standard InChI is InChI=1S/C17H16Cl3NO3/c1-9-6-14(16(23-3)8-12(9)19)21-17(22)10(2)24-15-5-4-11(18)7-13(15)20/h4-8,10H,1-3H3,(H,21,22). The zero-order chi connectivity index (χ0) is 17.9. The average Bonchev–Trinajstić information content (AvgIpc) is 2.53. The highest BCUT2D eigenvalue weighted by molar-refractivity contribution is 6.35. The lowest BCUT2D eigenvalue weighted by atomic mass is 10.2. The quantitative estimate of drug-likeness (QED) is 0.749. The van der Waals surface area contributed by atoms with E-state index in [4.69, 9.17) is 44.3 Å². The van der Waals surface area contributed by atoms with Crippen molar-refractivity contribution in [2.24, 2.45) is 0 Å². The Morgan fingerprint density at radius 3 is 2.42 bits per heavy atom. The molecular formula is C17H16Cl3NO3. The third-order valence-electron chi connectivity index (χ3n) is 3.31. The predicted molar refractivity (Wildman–Crippen MR) is 97.9 cm³/mol. The van der Waals surface area contributed by atoms with Crippen LogP contribution < -0.4 is 14.8 Å². The number of hydrogen-bond acceptors (Lipinski definition) is 3. The normalized spacial score (nSPS) is 11.8. The maximum atomic E-state index is 12.4. The molecule has 2 rings (SSSR count). The van der Waals surface area contributed by atoms with Crippen molar-refractivity contribution in [3.8, 4) is 11.5 Å². The number of aryl methyl sites for hydroxylation is 1. The molecule has 0 radical (unpaired) electrons. The van der Waals surface area contributed by atoms with Gasteiger partial charge in [0.2, 0.25) is 0 Å². The number of carbonyl (C=O) groups is 1. The zero-order valence-electron chi connectivity index (χ0n) is 13.3. The van der Waals surface area contributed by atoms with Crippen molar-refractivity contribution in [3.63, 3.8) is 0 Å². The van der Waals surface area contributed by atoms with Crippen LogP contribution >= 0.6 is 34.8 Å². The second-order valence-electron chi connectivity index (χ2n) is 5.13. The summed E-state index contributed by atoms with van der Waals surface area (Å²) in [7, 11) is 1.50. The topological polar surface area (TPSA) is 47.6 Å². The van der Waals surface area contributed by atoms with E-state index in [-0.39, 0.29) is 5.91 Å². The summed E-state index contributed by atoms with van der Waals surface area (Å²) in [5, 5.41) is 4.15. The fourth-order valence-electron chi connectivity index (χ4n) is 1.98. The smallest absolute Gasteiger partial charge is 0.265 e. The number of rotatable bonds is 5. The molecule has 0 fully saturated rings. The Morgan fingerprint density at radius 2 is 1.79 bits per heavy atom. The molecule has 2 aromatic rings. The number of carbonyl (C=O) groups excluding carboxylic acids is 1. The number of halogens is 3. The van der Waals surface area contributed by atoms with Gasteiger partial charge in [-0.25, -0.2) is 0 Å². The summed E-state index contributed by atoms with van der Waals surface area (Å²) < 4.78 is 10.8. The SMILES string of the molecule is COc1cc(Cl)c(C)cc1NC(=O)C(C)Oc1ccc(Cl)cc1Cl. The van der Waals surface area contributed by atoms with Gasteiger partial charge in [-0.15, -0.1) is 0 Å². The van der Waals surface area contributed by atoms with Crippen LogP contribution in [0, 0.1) is 6.92 Å². The molecule has 1 amide bonds. The molecule has 0 saturated carbocycles. The van der Waals surface area contributed by atoms with Crippen molar-refractivity contribution in [1.82, 2.24) is 0 Å². The fraction of sp³-hybridized carbons (Fsp3) is 0.235. The summed E-state index contributed by atoms with van der Waals surface area (Å²) in [5.74, 6) is 0.500. The molecule has 0 aliphatic carbocycles. The highest BCUT2D eigenvalue weighted by Gasteiger charge is 2.18. The van der Waals surface area contributed by atoms with E-state index in [2.05, 4.69) is 5.32 Å². The molecule has 0 aliphatic rings. The van der Waals surface area contributed by atoms with Crippen molar-refractivity contribution in [2.75, 3.05) is 12.4 Å². The third kappa shape index (κ3) is 4.47. The molecule has 0 saturated heterocycles. The Labute approximate surface area is 155 Å². The second-order valence-corrected chi connectivity index (χ2v) is 6.38. The first-order chi connectivity index (χ1) is 11.3. The highest BCUT2D eigenvalue weighted by Crippen LogP contribution is 2.32. The number of nitrogens with one attached hydrogen (secondary N) is 1. The van der Waals surface area contributed by atoms with Gasteiger partial charge >= 0.3 is 0 Å². The Hall–Kier alpha value is -1.62. The van der Waals surface area contributed by atoms with Gasteiger partial charge in [-0.05, 0) is 43.7 Å². The molecule has 0 spiro atoms. The summed E-state index contributed by atoms with van der Waals surface area (Å²) in [5.41, 5.74) is 1.34. The molecule has 24 heavy (non-hydrogen) atoms. The number of amides is 1. The van der Waals surface area contributed by atoms with E-state index in [9.17, 15) is 4.79 Å². The molecular weight excluding hydrogens is 373 g/mol. The van der Waals surface area contributed by atoms with Gasteiger partial charge in [0.05, 0.1) is 17.8 Å². The van der Waals surface area contributed by atoms with E-state index >= 15 is 0 Å². The van der Waals surface area contributed by atoms with Crippen LogP contribution in [-0.4, -0.2) is 19.1 Å². The molecule has 0 bridgehead atoms. The van der Waals surface area contributed by atoms with Crippen LogP contribution in [0.4, 0.5) is 5.69 Å². The van der Waals surface area contributed by atoms with Gasteiger partial charge in [0.1, 0.15) is 11.5 Å². The molecule has 7 heteroatoms. The van der Waals surface area contributed by atoms with Crippen molar-refractivity contribution < 1.29 is 14.3 Å². The number of anilines is 1. The Balaban J connectivity index is 2.13. The molecule has 2 aromatic carbocycles. The van der Waals surface area contributed by atoms with Gasteiger partial charge in [-0.3, -0.25) is 4.79 Å². The lowest BCUT2D eigenvalue weighted by Crippen LogP contribution is -2.30. The zero-order valence-corrected chi connectivity index (χ0v) is 15.6. The van der Waals surface area contributed by atoms with Crippen LogP contribution in [-0.2, 0) is 4.79 Å². The molecule has 1 unspecified atom stereocenters. The largest absolute Gasteiger partial charge is 0.495 e. The van der Waals surface area contributed by atoms with Crippen molar-refractivity contribution in [3.05, 3.63) is 51.0 Å². The Bertz CT molecular complexity index is 765. The average molecular weight is 389 g/mol. The van der Waals surface area contributed by atoms with Gasteiger partial charge in [-0.2, -0.15) is 0 Å². The van der Waals surface area contributed by atoms with Crippen LogP contribution in [0.5, 0.6) is 11.5 Å². The maximum absolute atomic E-state index is 12.4. The predicted octanol–water partition coefficient (Wildman–Crippen LogP) is 5.37. The highest BCUT2D eigenvalue weighted by atomic mass is 35.5. The summed E-state index contributed by atoms with van der Waals surface area (Å²) in [6.45, 7) is 3.46. The Morgan fingerprint density at radius 1 is 1.08 bits per heavy atom. The first-order valence-electron chi connectivity index (χ1n) is 7.08. The van der Waals surface area contributed by atoms with E-state index in [0.29, 0.717) is 32.3 Å². The van der Waals surface area contributed by atoms with Gasteiger partial charge in [0.15, 0.2) is 6.10 Å². The van der Waals surface area contributed by atoms with Crippen molar-refractivity contribution in [2.45, 2.75) is 20.0 Å². The molecule has 0 aliphatic heterocycles. The monoisotopic (exact) mass is 387 g/mol. The first-order valence-corrected chi connectivity index (χ1v) is 8.22. The summed E-state index contributed by atoms with van der Waals surface area (Å²) in [6.07, 6.45) is -0.774. The number of ether oxygens (including phenoxy) is 2. The molecule has 4 nitrogen and oxygen atoms in total. The summed E-state index contributed by atoms with van der Waals surface area (Å²) in [6, 6.07) is 8.18. The third-order valence-corrected chi connectivity index (χ3v) is 4.24. The van der Waals surface area contributed by atoms with Crippen molar-refractivity contribution in [1.29, 1.82) is 0 Å². The second kappa shape index (κ2) is 7.97. The lowest BCUT2D eigenvalue weighted by molar-refractivity contribution is -0.122. The van der Waals surface area contributed by atoms with Gasteiger partial charge < -0.3 is 14.8 Å². The van der Waals surface area contributed by atoms with Crippen LogP contribution in [0.25, 0.3) is 0 Å². The Kier molecular flexibility index (Phi) is 6.21. The van der Waals surface area contributed by atoms with Crippen LogP contribution in [0.1, 0.15) is 12.5 Å². The van der Waals surface area contributed by atoms with Gasteiger partial charge in [0, 0.05) is 16.1 Å². The minimum atomic E-state index is -0.774. The molecule has 0 aromatic heterocycles. The molecule has 1 atom stereocenters. The summed E-state index contributed by atoms with van der Waals surface area (Å²) >= 11 is 17.9.